The Hall–Kier alpha value is -1.22. The zero-order valence-corrected chi connectivity index (χ0v) is 9.95. The molecule has 1 N–H and O–H groups in total. The minimum absolute atomic E-state index is 0.0835. The first-order chi connectivity index (χ1) is 7.81. The molecule has 0 aromatic heterocycles. The molecule has 0 radical (unpaired) electrons. The molecule has 1 aromatic rings. The Morgan fingerprint density at radius 3 is 3.12 bits per heavy atom. The Balaban J connectivity index is 2.14. The molecule has 88 valence electrons. The van der Waals surface area contributed by atoms with Crippen molar-refractivity contribution in [2.75, 3.05) is 25.6 Å². The Morgan fingerprint density at radius 2 is 2.31 bits per heavy atom. The number of benzene rings is 1. The van der Waals surface area contributed by atoms with Crippen LogP contribution < -0.4 is 10.1 Å². The summed E-state index contributed by atoms with van der Waals surface area (Å²) in [7, 11) is 1.69. The van der Waals surface area contributed by atoms with Gasteiger partial charge in [-0.25, -0.2) is 0 Å². The van der Waals surface area contributed by atoms with Crippen molar-refractivity contribution >= 4 is 5.69 Å². The maximum atomic E-state index is 5.87. The lowest BCUT2D eigenvalue weighted by molar-refractivity contribution is 0.0924. The third-order valence-electron chi connectivity index (χ3n) is 2.77. The molecule has 0 spiro atoms. The molecule has 0 saturated heterocycles. The summed E-state index contributed by atoms with van der Waals surface area (Å²) in [5, 5.41) is 3.41. The Bertz CT molecular complexity index is 352. The van der Waals surface area contributed by atoms with Crippen molar-refractivity contribution < 1.29 is 9.47 Å². The minimum atomic E-state index is 0.0835. The molecule has 2 rings (SSSR count). The molecule has 16 heavy (non-hydrogen) atoms. The van der Waals surface area contributed by atoms with Gasteiger partial charge in [-0.2, -0.15) is 0 Å². The second-order valence-electron chi connectivity index (χ2n) is 4.20. The predicted molar refractivity (Wildman–Crippen MR) is 65.2 cm³/mol. The fourth-order valence-electron chi connectivity index (χ4n) is 2.06. The second-order valence-corrected chi connectivity index (χ2v) is 4.20. The largest absolute Gasteiger partial charge is 0.486 e. The normalized spacial score (nSPS) is 16.1. The van der Waals surface area contributed by atoms with Gasteiger partial charge in [0.15, 0.2) is 0 Å². The zero-order valence-electron chi connectivity index (χ0n) is 9.95. The van der Waals surface area contributed by atoms with Crippen LogP contribution in [0, 0.1) is 0 Å². The molecule has 0 fully saturated rings. The number of ether oxygens (including phenoxy) is 2. The van der Waals surface area contributed by atoms with E-state index < -0.39 is 0 Å². The van der Waals surface area contributed by atoms with E-state index in [1.165, 1.54) is 12.0 Å². The van der Waals surface area contributed by atoms with Crippen LogP contribution >= 0.6 is 0 Å². The van der Waals surface area contributed by atoms with Crippen molar-refractivity contribution in [1.82, 2.24) is 0 Å². The summed E-state index contributed by atoms with van der Waals surface area (Å²) in [6, 6.07) is 6.24. The van der Waals surface area contributed by atoms with Crippen molar-refractivity contribution in [3.8, 4) is 5.75 Å². The van der Waals surface area contributed by atoms with E-state index in [9.17, 15) is 0 Å². The molecular weight excluding hydrogens is 202 g/mol. The van der Waals surface area contributed by atoms with Crippen molar-refractivity contribution in [3.05, 3.63) is 23.8 Å². The van der Waals surface area contributed by atoms with Gasteiger partial charge in [-0.15, -0.1) is 0 Å². The average molecular weight is 221 g/mol. The first-order valence-electron chi connectivity index (χ1n) is 5.82. The van der Waals surface area contributed by atoms with Gasteiger partial charge in [0.05, 0.1) is 12.3 Å². The zero-order chi connectivity index (χ0) is 11.4. The Labute approximate surface area is 96.8 Å². The van der Waals surface area contributed by atoms with Crippen molar-refractivity contribution in [2.45, 2.75) is 25.9 Å². The molecule has 1 atom stereocenters. The summed E-state index contributed by atoms with van der Waals surface area (Å²) in [4.78, 5) is 0. The van der Waals surface area contributed by atoms with E-state index in [0.29, 0.717) is 6.61 Å². The number of para-hydroxylation sites is 1. The predicted octanol–water partition coefficient (Wildman–Crippen LogP) is 2.46. The number of hydrogen-bond donors (Lipinski definition) is 1. The SMILES string of the molecule is COCC(C)Oc1cccc2c1NCCC2. The first kappa shape index (κ1) is 11.3. The summed E-state index contributed by atoms with van der Waals surface area (Å²) in [6.07, 6.45) is 2.42. The van der Waals surface area contributed by atoms with Gasteiger partial charge >= 0.3 is 0 Å². The lowest BCUT2D eigenvalue weighted by Crippen LogP contribution is -2.20. The second kappa shape index (κ2) is 5.21. The Kier molecular flexibility index (Phi) is 3.67. The van der Waals surface area contributed by atoms with E-state index in [2.05, 4.69) is 17.4 Å². The maximum absolute atomic E-state index is 5.87. The molecule has 1 unspecified atom stereocenters. The standard InChI is InChI=1S/C13H19NO2/c1-10(9-15-2)16-12-7-3-5-11-6-4-8-14-13(11)12/h3,5,7,10,14H,4,6,8-9H2,1-2H3. The van der Waals surface area contributed by atoms with Crippen LogP contribution in [-0.4, -0.2) is 26.4 Å². The van der Waals surface area contributed by atoms with Crippen LogP contribution in [0.2, 0.25) is 0 Å². The lowest BCUT2D eigenvalue weighted by atomic mass is 10.0. The van der Waals surface area contributed by atoms with E-state index >= 15 is 0 Å². The summed E-state index contributed by atoms with van der Waals surface area (Å²) in [5.74, 6) is 0.946. The fourth-order valence-corrected chi connectivity index (χ4v) is 2.06. The highest BCUT2D eigenvalue weighted by Gasteiger charge is 2.14. The highest BCUT2D eigenvalue weighted by atomic mass is 16.5. The Morgan fingerprint density at radius 1 is 1.44 bits per heavy atom. The van der Waals surface area contributed by atoms with Crippen LogP contribution in [0.25, 0.3) is 0 Å². The summed E-state index contributed by atoms with van der Waals surface area (Å²) in [6.45, 7) is 3.67. The van der Waals surface area contributed by atoms with Crippen LogP contribution in [-0.2, 0) is 11.2 Å². The third kappa shape index (κ3) is 2.47. The number of methoxy groups -OCH3 is 1. The molecule has 1 aliphatic heterocycles. The van der Waals surface area contributed by atoms with Gasteiger partial charge in [0.2, 0.25) is 0 Å². The van der Waals surface area contributed by atoms with E-state index in [-0.39, 0.29) is 6.10 Å². The first-order valence-corrected chi connectivity index (χ1v) is 5.82. The molecule has 3 heteroatoms. The summed E-state index contributed by atoms with van der Waals surface area (Å²) in [5.41, 5.74) is 2.52. The summed E-state index contributed by atoms with van der Waals surface area (Å²) < 4.78 is 10.9. The topological polar surface area (TPSA) is 30.5 Å². The fraction of sp³-hybridized carbons (Fsp3) is 0.538. The van der Waals surface area contributed by atoms with E-state index in [1.807, 2.05) is 13.0 Å². The van der Waals surface area contributed by atoms with Crippen molar-refractivity contribution in [2.24, 2.45) is 0 Å². The molecule has 3 nitrogen and oxygen atoms in total. The molecule has 0 bridgehead atoms. The van der Waals surface area contributed by atoms with Gasteiger partial charge in [-0.05, 0) is 31.4 Å². The van der Waals surface area contributed by atoms with Crippen molar-refractivity contribution in [1.29, 1.82) is 0 Å². The smallest absolute Gasteiger partial charge is 0.143 e. The number of hydrogen-bond acceptors (Lipinski definition) is 3. The molecular formula is C13H19NO2. The van der Waals surface area contributed by atoms with Gasteiger partial charge in [0.25, 0.3) is 0 Å². The van der Waals surface area contributed by atoms with Crippen LogP contribution in [0.5, 0.6) is 5.75 Å². The van der Waals surface area contributed by atoms with Gasteiger partial charge in [-0.3, -0.25) is 0 Å². The van der Waals surface area contributed by atoms with Gasteiger partial charge in [0, 0.05) is 13.7 Å². The number of anilines is 1. The third-order valence-corrected chi connectivity index (χ3v) is 2.77. The van der Waals surface area contributed by atoms with Gasteiger partial charge < -0.3 is 14.8 Å². The van der Waals surface area contributed by atoms with E-state index in [4.69, 9.17) is 9.47 Å². The lowest BCUT2D eigenvalue weighted by Gasteiger charge is -2.23. The molecule has 0 amide bonds. The van der Waals surface area contributed by atoms with E-state index in [1.54, 1.807) is 7.11 Å². The molecule has 0 aliphatic carbocycles. The van der Waals surface area contributed by atoms with Gasteiger partial charge in [0.1, 0.15) is 11.9 Å². The molecule has 1 aromatic carbocycles. The quantitative estimate of drug-likeness (QED) is 0.847. The number of fused-ring (bicyclic) bond motifs is 1. The highest BCUT2D eigenvalue weighted by Crippen LogP contribution is 2.32. The minimum Gasteiger partial charge on any atom is -0.486 e. The average Bonchev–Trinajstić information content (AvgIpc) is 2.30. The number of aryl methyl sites for hydroxylation is 1. The van der Waals surface area contributed by atoms with Crippen LogP contribution in [0.3, 0.4) is 0 Å². The molecule has 0 saturated carbocycles. The van der Waals surface area contributed by atoms with E-state index in [0.717, 1.165) is 24.4 Å². The maximum Gasteiger partial charge on any atom is 0.143 e. The monoisotopic (exact) mass is 221 g/mol. The van der Waals surface area contributed by atoms with Crippen LogP contribution in [0.15, 0.2) is 18.2 Å². The summed E-state index contributed by atoms with van der Waals surface area (Å²) >= 11 is 0. The highest BCUT2D eigenvalue weighted by molar-refractivity contribution is 5.63. The van der Waals surface area contributed by atoms with Crippen LogP contribution in [0.4, 0.5) is 5.69 Å². The van der Waals surface area contributed by atoms with Gasteiger partial charge in [-0.1, -0.05) is 12.1 Å². The molecule has 1 aliphatic rings. The van der Waals surface area contributed by atoms with Crippen LogP contribution in [0.1, 0.15) is 18.9 Å². The number of rotatable bonds is 4. The molecule has 1 heterocycles. The van der Waals surface area contributed by atoms with Crippen molar-refractivity contribution in [3.63, 3.8) is 0 Å². The number of nitrogens with one attached hydrogen (secondary N) is 1.